The van der Waals surface area contributed by atoms with Gasteiger partial charge in [-0.1, -0.05) is 18.2 Å². The van der Waals surface area contributed by atoms with E-state index in [1.54, 1.807) is 6.92 Å². The first-order valence-electron chi connectivity index (χ1n) is 11.8. The molecule has 4 heterocycles. The molecule has 1 unspecified atom stereocenters. The van der Waals surface area contributed by atoms with E-state index in [0.29, 0.717) is 18.2 Å². The zero-order chi connectivity index (χ0) is 22.7. The second kappa shape index (κ2) is 7.48. The fraction of sp³-hybridized carbons (Fsp3) is 0.542. The van der Waals surface area contributed by atoms with Gasteiger partial charge in [-0.2, -0.15) is 0 Å². The molecule has 0 radical (unpaired) electrons. The number of carbonyl (C=O) groups excluding carboxylic acids is 2. The van der Waals surface area contributed by atoms with E-state index in [2.05, 4.69) is 46.0 Å². The van der Waals surface area contributed by atoms with E-state index < -0.39 is 0 Å². The highest BCUT2D eigenvalue weighted by Crippen LogP contribution is 2.46. The molecule has 1 aromatic carbocycles. The SMILES string of the molecule is CC1=C(N2CCC3(CCC(NCc4ccc5c(c4)C(C)n4nnnc4-5)CC3)C2=O)COC1=O. The standard InChI is InChI=1S/C24H28N6O3/c1-14-20(13-33-22(14)31)29-10-9-24(23(29)32)7-5-17(6-8-24)25-12-16-3-4-18-19(11-16)15(2)30-21(18)26-27-28-30/h3-4,11,15,17,25H,5-10,12-13H2,1-2H3. The molecule has 1 atom stereocenters. The summed E-state index contributed by atoms with van der Waals surface area (Å²) in [6.07, 6.45) is 4.62. The third kappa shape index (κ3) is 3.13. The number of nitrogens with one attached hydrogen (secondary N) is 1. The molecule has 1 saturated carbocycles. The lowest BCUT2D eigenvalue weighted by atomic mass is 9.71. The maximum absolute atomic E-state index is 13.3. The Kier molecular flexibility index (Phi) is 4.65. The van der Waals surface area contributed by atoms with Gasteiger partial charge in [0.15, 0.2) is 5.82 Å². The minimum Gasteiger partial charge on any atom is -0.456 e. The molecule has 2 aromatic rings. The summed E-state index contributed by atoms with van der Waals surface area (Å²) >= 11 is 0. The molecule has 6 rings (SSSR count). The van der Waals surface area contributed by atoms with E-state index in [0.717, 1.165) is 55.7 Å². The van der Waals surface area contributed by atoms with Crippen LogP contribution < -0.4 is 5.32 Å². The zero-order valence-corrected chi connectivity index (χ0v) is 19.0. The van der Waals surface area contributed by atoms with Gasteiger partial charge in [0.1, 0.15) is 6.61 Å². The van der Waals surface area contributed by atoms with Gasteiger partial charge in [0.2, 0.25) is 5.91 Å². The Morgan fingerprint density at radius 1 is 1.21 bits per heavy atom. The van der Waals surface area contributed by atoms with E-state index in [1.165, 1.54) is 11.1 Å². The normalized spacial score (nSPS) is 28.6. The lowest BCUT2D eigenvalue weighted by molar-refractivity contribution is -0.138. The summed E-state index contributed by atoms with van der Waals surface area (Å²) in [5.74, 6) is 0.719. The third-order valence-electron chi connectivity index (χ3n) is 8.12. The largest absolute Gasteiger partial charge is 0.456 e. The van der Waals surface area contributed by atoms with Crippen molar-refractivity contribution in [1.29, 1.82) is 0 Å². The average molecular weight is 449 g/mol. The number of tetrazole rings is 1. The van der Waals surface area contributed by atoms with E-state index in [4.69, 9.17) is 4.74 Å². The number of esters is 1. The number of aromatic nitrogens is 4. The number of rotatable bonds is 4. The average Bonchev–Trinajstić information content (AvgIpc) is 3.57. The zero-order valence-electron chi connectivity index (χ0n) is 19.0. The number of ether oxygens (including phenoxy) is 1. The highest BCUT2D eigenvalue weighted by atomic mass is 16.5. The molecule has 1 aromatic heterocycles. The van der Waals surface area contributed by atoms with Gasteiger partial charge in [0, 0.05) is 24.7 Å². The summed E-state index contributed by atoms with van der Waals surface area (Å²) in [6.45, 7) is 5.60. The van der Waals surface area contributed by atoms with Crippen LogP contribution in [-0.4, -0.2) is 56.2 Å². The van der Waals surface area contributed by atoms with E-state index in [9.17, 15) is 9.59 Å². The Hall–Kier alpha value is -3.07. The number of hydrogen-bond acceptors (Lipinski definition) is 7. The van der Waals surface area contributed by atoms with Crippen LogP contribution in [0.5, 0.6) is 0 Å². The van der Waals surface area contributed by atoms with Crippen molar-refractivity contribution in [3.63, 3.8) is 0 Å². The van der Waals surface area contributed by atoms with Crippen LogP contribution in [0.1, 0.15) is 63.1 Å². The number of carbonyl (C=O) groups is 2. The van der Waals surface area contributed by atoms with Crippen LogP contribution in [0.4, 0.5) is 0 Å². The highest BCUT2D eigenvalue weighted by molar-refractivity contribution is 5.94. The first-order valence-corrected chi connectivity index (χ1v) is 11.8. The molecule has 2 fully saturated rings. The Balaban J connectivity index is 1.07. The van der Waals surface area contributed by atoms with Crippen LogP contribution in [0.2, 0.25) is 0 Å². The monoisotopic (exact) mass is 448 g/mol. The lowest BCUT2D eigenvalue weighted by Gasteiger charge is -2.36. The first-order chi connectivity index (χ1) is 16.0. The number of amides is 1. The Morgan fingerprint density at radius 2 is 2.03 bits per heavy atom. The van der Waals surface area contributed by atoms with Gasteiger partial charge in [0.25, 0.3) is 0 Å². The Bertz CT molecular complexity index is 1180. The topological polar surface area (TPSA) is 102 Å². The van der Waals surface area contributed by atoms with Crippen molar-refractivity contribution >= 4 is 11.9 Å². The van der Waals surface area contributed by atoms with Crippen LogP contribution in [0.25, 0.3) is 11.4 Å². The molecular formula is C24H28N6O3. The summed E-state index contributed by atoms with van der Waals surface area (Å²) in [7, 11) is 0. The van der Waals surface area contributed by atoms with Crippen LogP contribution in [0, 0.1) is 5.41 Å². The third-order valence-corrected chi connectivity index (χ3v) is 8.12. The van der Waals surface area contributed by atoms with Gasteiger partial charge in [-0.05, 0) is 67.5 Å². The lowest BCUT2D eigenvalue weighted by Crippen LogP contribution is -2.42. The van der Waals surface area contributed by atoms with Gasteiger partial charge in [-0.25, -0.2) is 9.48 Å². The molecule has 1 saturated heterocycles. The molecule has 0 bridgehead atoms. The second-order valence-electron chi connectivity index (χ2n) is 9.83. The van der Waals surface area contributed by atoms with Crippen molar-refractivity contribution in [3.05, 3.63) is 40.6 Å². The minimum atomic E-state index is -0.301. The van der Waals surface area contributed by atoms with Crippen molar-refractivity contribution in [2.24, 2.45) is 5.41 Å². The Labute approximate surface area is 192 Å². The minimum absolute atomic E-state index is 0.148. The quantitative estimate of drug-likeness (QED) is 0.716. The predicted molar refractivity (Wildman–Crippen MR) is 119 cm³/mol. The fourth-order valence-corrected chi connectivity index (χ4v) is 5.96. The van der Waals surface area contributed by atoms with Crippen molar-refractivity contribution in [3.8, 4) is 11.4 Å². The first kappa shape index (κ1) is 20.5. The maximum Gasteiger partial charge on any atom is 0.336 e. The maximum atomic E-state index is 13.3. The molecule has 1 spiro atoms. The molecular weight excluding hydrogens is 420 g/mol. The number of likely N-dealkylation sites (tertiary alicyclic amines) is 1. The summed E-state index contributed by atoms with van der Waals surface area (Å²) in [6, 6.07) is 7.06. The Morgan fingerprint density at radius 3 is 2.79 bits per heavy atom. The molecule has 3 aliphatic heterocycles. The number of hydrogen-bond donors (Lipinski definition) is 1. The van der Waals surface area contributed by atoms with Gasteiger partial charge >= 0.3 is 5.97 Å². The molecule has 1 amide bonds. The molecule has 1 N–H and O–H groups in total. The van der Waals surface area contributed by atoms with Crippen LogP contribution in [0.3, 0.4) is 0 Å². The van der Waals surface area contributed by atoms with Gasteiger partial charge in [-0.15, -0.1) is 5.10 Å². The van der Waals surface area contributed by atoms with Crippen LogP contribution >= 0.6 is 0 Å². The molecule has 4 aliphatic rings. The van der Waals surface area contributed by atoms with Crippen molar-refractivity contribution in [1.82, 2.24) is 30.4 Å². The van der Waals surface area contributed by atoms with Gasteiger partial charge in [-0.3, -0.25) is 4.79 Å². The fourth-order valence-electron chi connectivity index (χ4n) is 5.96. The summed E-state index contributed by atoms with van der Waals surface area (Å²) in [4.78, 5) is 26.9. The highest BCUT2D eigenvalue weighted by Gasteiger charge is 2.50. The summed E-state index contributed by atoms with van der Waals surface area (Å²) in [5.41, 5.74) is 4.67. The van der Waals surface area contributed by atoms with E-state index in [-0.39, 0.29) is 29.9 Å². The number of nitrogens with zero attached hydrogens (tertiary/aromatic N) is 5. The van der Waals surface area contributed by atoms with Crippen LogP contribution in [-0.2, 0) is 20.9 Å². The summed E-state index contributed by atoms with van der Waals surface area (Å²) in [5, 5.41) is 15.7. The van der Waals surface area contributed by atoms with Crippen molar-refractivity contribution in [2.45, 2.75) is 64.6 Å². The second-order valence-corrected chi connectivity index (χ2v) is 9.83. The van der Waals surface area contributed by atoms with E-state index in [1.807, 2.05) is 9.58 Å². The van der Waals surface area contributed by atoms with Crippen molar-refractivity contribution in [2.75, 3.05) is 13.2 Å². The van der Waals surface area contributed by atoms with Crippen LogP contribution in [0.15, 0.2) is 29.5 Å². The number of cyclic esters (lactones) is 1. The predicted octanol–water partition coefficient (Wildman–Crippen LogP) is 2.34. The van der Waals surface area contributed by atoms with Gasteiger partial charge < -0.3 is 15.0 Å². The molecule has 9 heteroatoms. The van der Waals surface area contributed by atoms with E-state index >= 15 is 0 Å². The number of benzene rings is 1. The summed E-state index contributed by atoms with van der Waals surface area (Å²) < 4.78 is 7.00. The molecule has 1 aliphatic carbocycles. The molecule has 33 heavy (non-hydrogen) atoms. The van der Waals surface area contributed by atoms with Gasteiger partial charge in [0.05, 0.1) is 22.7 Å². The molecule has 172 valence electrons. The number of fused-ring (bicyclic) bond motifs is 3. The van der Waals surface area contributed by atoms with Crippen molar-refractivity contribution < 1.29 is 14.3 Å². The smallest absolute Gasteiger partial charge is 0.336 e. The molecule has 9 nitrogen and oxygen atoms in total.